The van der Waals surface area contributed by atoms with E-state index >= 15 is 0 Å². The number of hydrogen-bond donors (Lipinski definition) is 1. The van der Waals surface area contributed by atoms with Crippen molar-refractivity contribution in [3.05, 3.63) is 59.7 Å². The molecule has 0 aliphatic carbocycles. The van der Waals surface area contributed by atoms with Gasteiger partial charge in [0.25, 0.3) is 0 Å². The molecule has 3 rings (SSSR count). The summed E-state index contributed by atoms with van der Waals surface area (Å²) < 4.78 is 44.6. The first-order chi connectivity index (χ1) is 12.9. The van der Waals surface area contributed by atoms with Crippen LogP contribution in [-0.4, -0.2) is 11.6 Å². The maximum Gasteiger partial charge on any atom is 0.416 e. The molecule has 1 aromatic carbocycles. The molecule has 1 atom stereocenters. The molecule has 0 fully saturated rings. The van der Waals surface area contributed by atoms with Crippen molar-refractivity contribution in [3.63, 3.8) is 0 Å². The summed E-state index contributed by atoms with van der Waals surface area (Å²) in [5, 5.41) is 1.75. The van der Waals surface area contributed by atoms with Gasteiger partial charge in [-0.2, -0.15) is 13.2 Å². The Balaban J connectivity index is 1.76. The van der Waals surface area contributed by atoms with E-state index in [2.05, 4.69) is 6.92 Å². The summed E-state index contributed by atoms with van der Waals surface area (Å²) in [5.74, 6) is 1.26. The molecule has 1 aliphatic rings. The fraction of sp³-hybridized carbons (Fsp3) is 0.400. The van der Waals surface area contributed by atoms with Gasteiger partial charge >= 0.3 is 6.18 Å². The highest BCUT2D eigenvalue weighted by Crippen LogP contribution is 2.36. The lowest BCUT2D eigenvalue weighted by Gasteiger charge is -2.21. The SMILES string of the molecule is CCCCCCN1OC(N)=CC1c1ccc(-c2cccc(C(F)(F)F)c2)o1. The largest absolute Gasteiger partial charge is 0.459 e. The van der Waals surface area contributed by atoms with E-state index in [0.717, 1.165) is 37.8 Å². The molecule has 0 saturated carbocycles. The van der Waals surface area contributed by atoms with Gasteiger partial charge in [0, 0.05) is 18.2 Å². The zero-order valence-electron chi connectivity index (χ0n) is 15.1. The van der Waals surface area contributed by atoms with Crippen LogP contribution in [0.15, 0.2) is 52.8 Å². The smallest absolute Gasteiger partial charge is 0.416 e. The summed E-state index contributed by atoms with van der Waals surface area (Å²) in [6, 6.07) is 8.22. The number of hydroxylamine groups is 2. The van der Waals surface area contributed by atoms with Crippen LogP contribution in [0.4, 0.5) is 13.2 Å². The normalized spacial score (nSPS) is 17.8. The minimum absolute atomic E-state index is 0.286. The number of halogens is 3. The molecule has 4 nitrogen and oxygen atoms in total. The van der Waals surface area contributed by atoms with Crippen LogP contribution in [0.1, 0.15) is 50.0 Å². The third kappa shape index (κ3) is 4.66. The molecule has 0 amide bonds. The van der Waals surface area contributed by atoms with E-state index in [9.17, 15) is 13.2 Å². The Morgan fingerprint density at radius 3 is 2.67 bits per heavy atom. The van der Waals surface area contributed by atoms with Crippen molar-refractivity contribution in [2.75, 3.05) is 6.54 Å². The maximum absolute atomic E-state index is 12.9. The molecule has 27 heavy (non-hydrogen) atoms. The molecule has 0 bridgehead atoms. The van der Waals surface area contributed by atoms with Crippen molar-refractivity contribution in [3.8, 4) is 11.3 Å². The third-order valence-corrected chi connectivity index (χ3v) is 4.48. The van der Waals surface area contributed by atoms with Gasteiger partial charge in [-0.3, -0.25) is 0 Å². The van der Waals surface area contributed by atoms with Crippen molar-refractivity contribution < 1.29 is 22.4 Å². The van der Waals surface area contributed by atoms with Crippen molar-refractivity contribution in [1.29, 1.82) is 0 Å². The lowest BCUT2D eigenvalue weighted by atomic mass is 10.1. The maximum atomic E-state index is 12.9. The van der Waals surface area contributed by atoms with Crippen molar-refractivity contribution in [2.24, 2.45) is 5.73 Å². The van der Waals surface area contributed by atoms with E-state index in [0.29, 0.717) is 29.5 Å². The third-order valence-electron chi connectivity index (χ3n) is 4.48. The molecular formula is C20H23F3N2O2. The van der Waals surface area contributed by atoms with Crippen LogP contribution in [0, 0.1) is 0 Å². The topological polar surface area (TPSA) is 51.6 Å². The summed E-state index contributed by atoms with van der Waals surface area (Å²) in [6.45, 7) is 2.84. The second-order valence-electron chi connectivity index (χ2n) is 6.59. The summed E-state index contributed by atoms with van der Waals surface area (Å²) >= 11 is 0. The second kappa shape index (κ2) is 8.08. The Morgan fingerprint density at radius 1 is 1.11 bits per heavy atom. The van der Waals surface area contributed by atoms with E-state index in [4.69, 9.17) is 15.0 Å². The van der Waals surface area contributed by atoms with Gasteiger partial charge in [0.1, 0.15) is 17.6 Å². The van der Waals surface area contributed by atoms with Crippen LogP contribution in [0.2, 0.25) is 0 Å². The lowest BCUT2D eigenvalue weighted by Crippen LogP contribution is -2.24. The lowest BCUT2D eigenvalue weighted by molar-refractivity contribution is -0.137. The number of nitrogens with two attached hydrogens (primary N) is 1. The minimum atomic E-state index is -4.39. The van der Waals surface area contributed by atoms with Crippen LogP contribution in [0.3, 0.4) is 0 Å². The van der Waals surface area contributed by atoms with Gasteiger partial charge in [-0.25, -0.2) is 0 Å². The Bertz CT molecular complexity index is 799. The molecule has 1 aromatic heterocycles. The molecule has 7 heteroatoms. The van der Waals surface area contributed by atoms with Gasteiger partial charge in [0.05, 0.1) is 5.56 Å². The van der Waals surface area contributed by atoms with E-state index in [1.165, 1.54) is 6.07 Å². The molecular weight excluding hydrogens is 357 g/mol. The number of benzene rings is 1. The highest BCUT2D eigenvalue weighted by Gasteiger charge is 2.32. The molecule has 0 spiro atoms. The summed E-state index contributed by atoms with van der Waals surface area (Å²) in [4.78, 5) is 5.55. The Morgan fingerprint density at radius 2 is 1.93 bits per heavy atom. The average molecular weight is 380 g/mol. The molecule has 0 radical (unpaired) electrons. The first kappa shape index (κ1) is 19.4. The standard InChI is InChI=1S/C20H23F3N2O2/c1-2-3-4-5-11-25-16(13-19(24)27-25)18-10-9-17(26-18)14-7-6-8-15(12-14)20(21,22)23/h6-10,12-13,16H,2-5,11,24H2,1H3. The van der Waals surface area contributed by atoms with Crippen molar-refractivity contribution in [1.82, 2.24) is 5.06 Å². The highest BCUT2D eigenvalue weighted by molar-refractivity contribution is 5.59. The summed E-state index contributed by atoms with van der Waals surface area (Å²) in [5.41, 5.74) is 5.47. The van der Waals surface area contributed by atoms with Gasteiger partial charge in [0.15, 0.2) is 0 Å². The van der Waals surface area contributed by atoms with Crippen LogP contribution in [-0.2, 0) is 11.0 Å². The second-order valence-corrected chi connectivity index (χ2v) is 6.59. The Hall–Kier alpha value is -2.41. The predicted octanol–water partition coefficient (Wildman–Crippen LogP) is 5.63. The molecule has 1 aliphatic heterocycles. The molecule has 1 unspecified atom stereocenters. The number of nitrogens with zero attached hydrogens (tertiary/aromatic N) is 1. The molecule has 2 heterocycles. The fourth-order valence-electron chi connectivity index (χ4n) is 3.08. The van der Waals surface area contributed by atoms with Gasteiger partial charge in [-0.15, -0.1) is 5.06 Å². The van der Waals surface area contributed by atoms with Crippen LogP contribution in [0.25, 0.3) is 11.3 Å². The van der Waals surface area contributed by atoms with E-state index < -0.39 is 11.7 Å². The average Bonchev–Trinajstić information content (AvgIpc) is 3.25. The van der Waals surface area contributed by atoms with Gasteiger partial charge in [0.2, 0.25) is 5.88 Å². The zero-order valence-corrected chi connectivity index (χ0v) is 15.1. The Labute approximate surface area is 156 Å². The number of furan rings is 1. The highest BCUT2D eigenvalue weighted by atomic mass is 19.4. The summed E-state index contributed by atoms with van der Waals surface area (Å²) in [7, 11) is 0. The van der Waals surface area contributed by atoms with Crippen molar-refractivity contribution >= 4 is 0 Å². The summed E-state index contributed by atoms with van der Waals surface area (Å²) in [6.07, 6.45) is 1.71. The number of alkyl halides is 3. The number of hydrogen-bond acceptors (Lipinski definition) is 4. The van der Waals surface area contributed by atoms with Crippen LogP contribution < -0.4 is 5.73 Å². The molecule has 2 N–H and O–H groups in total. The zero-order chi connectivity index (χ0) is 19.4. The monoisotopic (exact) mass is 380 g/mol. The van der Waals surface area contributed by atoms with E-state index in [1.807, 2.05) is 0 Å². The number of rotatable bonds is 7. The van der Waals surface area contributed by atoms with Gasteiger partial charge < -0.3 is 15.0 Å². The quantitative estimate of drug-likeness (QED) is 0.632. The molecule has 0 saturated heterocycles. The molecule has 146 valence electrons. The minimum Gasteiger partial charge on any atom is -0.459 e. The van der Waals surface area contributed by atoms with Crippen LogP contribution in [0.5, 0.6) is 0 Å². The predicted molar refractivity (Wildman–Crippen MR) is 96.1 cm³/mol. The van der Waals surface area contributed by atoms with Gasteiger partial charge in [-0.1, -0.05) is 38.3 Å². The van der Waals surface area contributed by atoms with E-state index in [-0.39, 0.29) is 6.04 Å². The first-order valence-corrected chi connectivity index (χ1v) is 9.07. The number of unbranched alkanes of at least 4 members (excludes halogenated alkanes) is 3. The first-order valence-electron chi connectivity index (χ1n) is 9.07. The molecule has 2 aromatic rings. The fourth-order valence-corrected chi connectivity index (χ4v) is 3.08. The van der Waals surface area contributed by atoms with Crippen molar-refractivity contribution in [2.45, 2.75) is 44.8 Å². The van der Waals surface area contributed by atoms with E-state index in [1.54, 1.807) is 29.3 Å². The van der Waals surface area contributed by atoms with Crippen LogP contribution >= 0.6 is 0 Å². The van der Waals surface area contributed by atoms with Gasteiger partial charge in [-0.05, 0) is 30.7 Å². The Kier molecular flexibility index (Phi) is 5.79.